The van der Waals surface area contributed by atoms with Gasteiger partial charge in [-0.3, -0.25) is 14.5 Å². The van der Waals surface area contributed by atoms with Gasteiger partial charge >= 0.3 is 11.7 Å². The van der Waals surface area contributed by atoms with E-state index in [2.05, 4.69) is 34.0 Å². The van der Waals surface area contributed by atoms with Crippen LogP contribution < -0.4 is 15.8 Å². The smallest absolute Gasteiger partial charge is 0.339 e. The van der Waals surface area contributed by atoms with Crippen molar-refractivity contribution < 1.29 is 18.8 Å². The molecule has 11 nitrogen and oxygen atoms in total. The third kappa shape index (κ3) is 4.27. The Labute approximate surface area is 219 Å². The first-order valence-corrected chi connectivity index (χ1v) is 12.8. The number of benzene rings is 1. The maximum atomic E-state index is 13.4. The molecule has 198 valence electrons. The Hall–Kier alpha value is -4.28. The van der Waals surface area contributed by atoms with E-state index in [0.29, 0.717) is 24.1 Å². The highest BCUT2D eigenvalue weighted by molar-refractivity contribution is 6.08. The zero-order valence-corrected chi connectivity index (χ0v) is 21.7. The summed E-state index contributed by atoms with van der Waals surface area (Å²) in [6.45, 7) is 8.01. The van der Waals surface area contributed by atoms with Crippen molar-refractivity contribution in [3.05, 3.63) is 64.0 Å². The summed E-state index contributed by atoms with van der Waals surface area (Å²) >= 11 is 0. The van der Waals surface area contributed by atoms with Crippen LogP contribution in [0.2, 0.25) is 0 Å². The van der Waals surface area contributed by atoms with Crippen LogP contribution in [0, 0.1) is 6.92 Å². The monoisotopic (exact) mass is 518 g/mol. The number of amides is 4. The predicted octanol–water partition coefficient (Wildman–Crippen LogP) is 2.12. The van der Waals surface area contributed by atoms with E-state index >= 15 is 0 Å². The second-order valence-electron chi connectivity index (χ2n) is 9.61. The number of anilines is 1. The minimum Gasteiger partial charge on any atom is -0.422 e. The molecule has 1 spiro atoms. The Kier molecular flexibility index (Phi) is 6.60. The second-order valence-corrected chi connectivity index (χ2v) is 9.61. The molecule has 0 aliphatic carbocycles. The van der Waals surface area contributed by atoms with E-state index in [0.717, 1.165) is 34.6 Å². The predicted molar refractivity (Wildman–Crippen MR) is 140 cm³/mol. The lowest BCUT2D eigenvalue weighted by Crippen LogP contribution is -2.50. The third-order valence-corrected chi connectivity index (χ3v) is 7.54. The average Bonchev–Trinajstić information content (AvgIpc) is 3.45. The van der Waals surface area contributed by atoms with Crippen LogP contribution in [0.25, 0.3) is 11.0 Å². The molecule has 4 heterocycles. The van der Waals surface area contributed by atoms with Gasteiger partial charge in [-0.15, -0.1) is 0 Å². The lowest BCUT2D eigenvalue weighted by Gasteiger charge is -2.22. The molecule has 0 radical (unpaired) electrons. The fourth-order valence-corrected chi connectivity index (χ4v) is 5.37. The summed E-state index contributed by atoms with van der Waals surface area (Å²) in [6, 6.07) is 6.89. The van der Waals surface area contributed by atoms with Gasteiger partial charge in [0.1, 0.15) is 11.1 Å². The molecule has 1 unspecified atom stereocenters. The normalized spacial score (nSPS) is 19.0. The van der Waals surface area contributed by atoms with Crippen molar-refractivity contribution in [3.63, 3.8) is 0 Å². The number of hydrogen-bond donors (Lipinski definition) is 1. The summed E-state index contributed by atoms with van der Waals surface area (Å²) in [4.78, 5) is 64.6. The van der Waals surface area contributed by atoms with E-state index in [-0.39, 0.29) is 25.3 Å². The van der Waals surface area contributed by atoms with Crippen LogP contribution in [0.5, 0.6) is 0 Å². The van der Waals surface area contributed by atoms with Crippen LogP contribution in [0.15, 0.2) is 45.9 Å². The number of aryl methyl sites for hydroxylation is 1. The summed E-state index contributed by atoms with van der Waals surface area (Å²) in [7, 11) is 0. The van der Waals surface area contributed by atoms with Crippen molar-refractivity contribution in [2.75, 3.05) is 37.6 Å². The van der Waals surface area contributed by atoms with Gasteiger partial charge in [-0.25, -0.2) is 19.6 Å². The van der Waals surface area contributed by atoms with Crippen LogP contribution in [0.1, 0.15) is 42.0 Å². The fourth-order valence-electron chi connectivity index (χ4n) is 5.37. The highest BCUT2D eigenvalue weighted by Gasteiger charge is 2.55. The molecule has 4 amide bonds. The van der Waals surface area contributed by atoms with Gasteiger partial charge in [-0.2, -0.15) is 0 Å². The summed E-state index contributed by atoms with van der Waals surface area (Å²) in [5.41, 5.74) is 1.02. The molecule has 0 saturated carbocycles. The van der Waals surface area contributed by atoms with E-state index in [4.69, 9.17) is 4.42 Å². The Morgan fingerprint density at radius 1 is 1.16 bits per heavy atom. The van der Waals surface area contributed by atoms with Gasteiger partial charge in [0.25, 0.3) is 11.8 Å². The van der Waals surface area contributed by atoms with E-state index in [1.165, 1.54) is 17.3 Å². The second kappa shape index (κ2) is 9.88. The number of nitrogens with one attached hydrogen (secondary N) is 1. The molecule has 0 bridgehead atoms. The Balaban J connectivity index is 1.32. The van der Waals surface area contributed by atoms with Crippen molar-refractivity contribution in [1.29, 1.82) is 0 Å². The number of nitrogens with zero attached hydrogens (tertiary/aromatic N) is 5. The van der Waals surface area contributed by atoms with Gasteiger partial charge in [0.05, 0.1) is 6.54 Å². The molecule has 1 atom stereocenters. The van der Waals surface area contributed by atoms with E-state index < -0.39 is 29.0 Å². The highest BCUT2D eigenvalue weighted by Crippen LogP contribution is 2.30. The SMILES string of the molecule is CCN(CC)c1ccc2c(C)c(CCN3C(=O)NC4(CCN(C(=O)c5ncccn5)C4)C3=O)c(=O)oc2c1. The molecule has 2 fully saturated rings. The zero-order chi connectivity index (χ0) is 27.0. The van der Waals surface area contributed by atoms with Crippen LogP contribution in [0.3, 0.4) is 0 Å². The zero-order valence-electron chi connectivity index (χ0n) is 21.7. The summed E-state index contributed by atoms with van der Waals surface area (Å²) in [5, 5.41) is 3.60. The maximum absolute atomic E-state index is 13.4. The summed E-state index contributed by atoms with van der Waals surface area (Å²) in [6.07, 6.45) is 3.41. The molecule has 2 aromatic heterocycles. The molecule has 38 heavy (non-hydrogen) atoms. The van der Waals surface area contributed by atoms with Gasteiger partial charge in [0, 0.05) is 61.3 Å². The lowest BCUT2D eigenvalue weighted by atomic mass is 9.98. The number of imide groups is 1. The van der Waals surface area contributed by atoms with Gasteiger partial charge in [-0.1, -0.05) is 0 Å². The number of carbonyl (C=O) groups excluding carboxylic acids is 3. The van der Waals surface area contributed by atoms with Crippen molar-refractivity contribution in [2.45, 2.75) is 39.2 Å². The largest absolute Gasteiger partial charge is 0.422 e. The Morgan fingerprint density at radius 3 is 2.61 bits per heavy atom. The number of likely N-dealkylation sites (tertiary alicyclic amines) is 1. The number of hydrogen-bond acceptors (Lipinski definition) is 8. The van der Waals surface area contributed by atoms with Gasteiger partial charge in [0.15, 0.2) is 0 Å². The van der Waals surface area contributed by atoms with E-state index in [9.17, 15) is 19.2 Å². The summed E-state index contributed by atoms with van der Waals surface area (Å²) < 4.78 is 5.66. The molecule has 2 aliphatic rings. The average molecular weight is 519 g/mol. The van der Waals surface area contributed by atoms with Crippen molar-refractivity contribution in [1.82, 2.24) is 25.1 Å². The molecule has 2 aliphatic heterocycles. The molecule has 5 rings (SSSR count). The van der Waals surface area contributed by atoms with Crippen LogP contribution in [0.4, 0.5) is 10.5 Å². The topological polar surface area (TPSA) is 129 Å². The molecule has 11 heteroatoms. The first-order chi connectivity index (χ1) is 18.3. The number of carbonyl (C=O) groups is 3. The lowest BCUT2D eigenvalue weighted by molar-refractivity contribution is -0.130. The minimum absolute atomic E-state index is 0.0246. The molecule has 1 aromatic carbocycles. The van der Waals surface area contributed by atoms with Crippen LogP contribution in [-0.4, -0.2) is 75.9 Å². The number of fused-ring (bicyclic) bond motifs is 1. The highest BCUT2D eigenvalue weighted by atomic mass is 16.4. The first kappa shape index (κ1) is 25.4. The standard InChI is InChI=1S/C27H30N6O5/c1-4-31(5-2)18-7-8-19-17(3)20(24(35)38-21(19)15-18)9-13-33-25(36)27(30-26(33)37)10-14-32(16-27)23(34)22-28-11-6-12-29-22/h6-8,11-12,15H,4-5,9-10,13-14,16H2,1-3H3,(H,30,37). The third-order valence-electron chi connectivity index (χ3n) is 7.54. The van der Waals surface area contributed by atoms with Crippen molar-refractivity contribution in [3.8, 4) is 0 Å². The van der Waals surface area contributed by atoms with Crippen molar-refractivity contribution in [2.24, 2.45) is 0 Å². The number of rotatable bonds is 7. The molecule has 2 saturated heterocycles. The van der Waals surface area contributed by atoms with E-state index in [1.54, 1.807) is 6.07 Å². The van der Waals surface area contributed by atoms with Crippen LogP contribution >= 0.6 is 0 Å². The van der Waals surface area contributed by atoms with Gasteiger partial charge in [0.2, 0.25) is 5.82 Å². The molecule has 1 N–H and O–H groups in total. The maximum Gasteiger partial charge on any atom is 0.339 e. The number of aromatic nitrogens is 2. The van der Waals surface area contributed by atoms with Gasteiger partial charge in [-0.05, 0) is 57.4 Å². The fraction of sp³-hybridized carbons (Fsp3) is 0.407. The van der Waals surface area contributed by atoms with Crippen LogP contribution in [-0.2, 0) is 11.2 Å². The molecule has 3 aromatic rings. The number of urea groups is 1. The summed E-state index contributed by atoms with van der Waals surface area (Å²) in [5.74, 6) is -0.754. The molecular formula is C27H30N6O5. The molecular weight excluding hydrogens is 488 g/mol. The first-order valence-electron chi connectivity index (χ1n) is 12.8. The van der Waals surface area contributed by atoms with Crippen molar-refractivity contribution >= 4 is 34.5 Å². The minimum atomic E-state index is -1.19. The van der Waals surface area contributed by atoms with Gasteiger partial charge < -0.3 is 19.5 Å². The Morgan fingerprint density at radius 2 is 1.89 bits per heavy atom. The quantitative estimate of drug-likeness (QED) is 0.372. The van der Waals surface area contributed by atoms with E-state index in [1.807, 2.05) is 25.1 Å². The Bertz CT molecular complexity index is 1470.